The van der Waals surface area contributed by atoms with Crippen LogP contribution >= 0.6 is 12.2 Å². The summed E-state index contributed by atoms with van der Waals surface area (Å²) in [5.41, 5.74) is 3.04. The highest BCUT2D eigenvalue weighted by Crippen LogP contribution is 2.52. The van der Waals surface area contributed by atoms with Crippen molar-refractivity contribution in [2.45, 2.75) is 70.8 Å². The van der Waals surface area contributed by atoms with E-state index in [0.29, 0.717) is 10.5 Å². The molecule has 0 radical (unpaired) electrons. The monoisotopic (exact) mass is 283 g/mol. The van der Waals surface area contributed by atoms with Crippen molar-refractivity contribution in [1.82, 2.24) is 5.43 Å². The maximum atomic E-state index is 9.58. The van der Waals surface area contributed by atoms with E-state index < -0.39 is 0 Å². The Morgan fingerprint density at radius 1 is 1.26 bits per heavy atom. The van der Waals surface area contributed by atoms with Gasteiger partial charge in [0.15, 0.2) is 0 Å². The van der Waals surface area contributed by atoms with Gasteiger partial charge in [-0.05, 0) is 62.1 Å². The van der Waals surface area contributed by atoms with Crippen LogP contribution in [0.15, 0.2) is 10.3 Å². The van der Waals surface area contributed by atoms with Gasteiger partial charge in [0.2, 0.25) is 5.11 Å². The number of nitrogens with zero attached hydrogens (tertiary/aromatic N) is 2. The normalized spacial score (nSPS) is 37.1. The summed E-state index contributed by atoms with van der Waals surface area (Å²) < 4.78 is 0. The molecule has 4 nitrogen and oxygen atoms in total. The van der Waals surface area contributed by atoms with Crippen LogP contribution in [-0.4, -0.2) is 16.3 Å². The number of rotatable bonds is 1. The maximum Gasteiger partial charge on any atom is 0.237 e. The zero-order chi connectivity index (χ0) is 13.7. The second-order valence-electron chi connectivity index (χ2n) is 6.06. The standard InChI is InChI=1S/C13H24O.CHN3S/c1-2-11-5-3-4-8-13(11)9-6-12(14)7-10-13;5-1-2-4-3-1/h11-12,14H,2-10H2,1H3;(H,2,3,5). The topological polar surface area (TPSA) is 57.0 Å². The first kappa shape index (κ1) is 14.9. The molecule has 1 spiro atoms. The van der Waals surface area contributed by atoms with Gasteiger partial charge in [-0.25, -0.2) is 5.43 Å². The Hall–Kier alpha value is -0.550. The Kier molecular flexibility index (Phi) is 5.28. The summed E-state index contributed by atoms with van der Waals surface area (Å²) in [5, 5.41) is 16.6. The highest BCUT2D eigenvalue weighted by molar-refractivity contribution is 7.80. The van der Waals surface area contributed by atoms with Gasteiger partial charge < -0.3 is 5.11 Å². The van der Waals surface area contributed by atoms with Crippen LogP contribution < -0.4 is 5.43 Å². The number of hydrogen-bond acceptors (Lipinski definition) is 3. The second kappa shape index (κ2) is 6.75. The van der Waals surface area contributed by atoms with Crippen molar-refractivity contribution in [2.75, 3.05) is 0 Å². The summed E-state index contributed by atoms with van der Waals surface area (Å²) in [6.07, 6.45) is 11.9. The number of aliphatic hydroxyl groups excluding tert-OH is 1. The molecule has 0 aromatic carbocycles. The van der Waals surface area contributed by atoms with Crippen LogP contribution in [0, 0.1) is 11.3 Å². The number of thiocarbonyl (C=S) groups is 1. The molecular weight excluding hydrogens is 258 g/mol. The molecule has 0 saturated heterocycles. The lowest BCUT2D eigenvalue weighted by molar-refractivity contribution is -0.00315. The van der Waals surface area contributed by atoms with Gasteiger partial charge in [0.25, 0.3) is 0 Å². The minimum atomic E-state index is 0.0139. The van der Waals surface area contributed by atoms with E-state index in [1.165, 1.54) is 44.9 Å². The summed E-state index contributed by atoms with van der Waals surface area (Å²) in [6.45, 7) is 2.35. The number of hydrogen-bond donors (Lipinski definition) is 2. The fourth-order valence-electron chi connectivity index (χ4n) is 3.94. The van der Waals surface area contributed by atoms with Crippen LogP contribution in [0.25, 0.3) is 0 Å². The van der Waals surface area contributed by atoms with Crippen molar-refractivity contribution in [3.8, 4) is 0 Å². The molecule has 0 aromatic heterocycles. The predicted octanol–water partition coefficient (Wildman–Crippen LogP) is 3.75. The van der Waals surface area contributed by atoms with E-state index in [1.54, 1.807) is 0 Å². The third-order valence-corrected chi connectivity index (χ3v) is 5.25. The Labute approximate surface area is 121 Å². The van der Waals surface area contributed by atoms with Crippen LogP contribution in [0.4, 0.5) is 0 Å². The molecule has 1 unspecified atom stereocenters. The predicted molar refractivity (Wildman–Crippen MR) is 79.7 cm³/mol. The van der Waals surface area contributed by atoms with Crippen molar-refractivity contribution >= 4 is 17.3 Å². The lowest BCUT2D eigenvalue weighted by Gasteiger charge is -2.48. The zero-order valence-electron chi connectivity index (χ0n) is 11.8. The Morgan fingerprint density at radius 2 is 1.89 bits per heavy atom. The smallest absolute Gasteiger partial charge is 0.237 e. The fraction of sp³-hybridized carbons (Fsp3) is 0.929. The van der Waals surface area contributed by atoms with E-state index in [-0.39, 0.29) is 6.10 Å². The summed E-state index contributed by atoms with van der Waals surface area (Å²) in [6, 6.07) is 0. The Balaban J connectivity index is 0.000000224. The molecule has 2 N–H and O–H groups in total. The van der Waals surface area contributed by atoms with Gasteiger partial charge in [-0.2, -0.15) is 0 Å². The van der Waals surface area contributed by atoms with Gasteiger partial charge in [-0.15, -0.1) is 5.11 Å². The number of aliphatic hydroxyl groups is 1. The largest absolute Gasteiger partial charge is 0.393 e. The van der Waals surface area contributed by atoms with Crippen molar-refractivity contribution in [3.05, 3.63) is 0 Å². The first-order valence-corrected chi connectivity index (χ1v) is 7.96. The van der Waals surface area contributed by atoms with E-state index in [2.05, 4.69) is 34.9 Å². The third-order valence-electron chi connectivity index (χ3n) is 5.07. The highest BCUT2D eigenvalue weighted by Gasteiger charge is 2.41. The number of nitrogens with one attached hydrogen (secondary N) is 1. The minimum absolute atomic E-state index is 0.0139. The van der Waals surface area contributed by atoms with Crippen molar-refractivity contribution in [1.29, 1.82) is 0 Å². The van der Waals surface area contributed by atoms with Crippen LogP contribution in [0.3, 0.4) is 0 Å². The molecule has 1 aliphatic heterocycles. The molecule has 2 fully saturated rings. The van der Waals surface area contributed by atoms with Crippen LogP contribution in [-0.2, 0) is 0 Å². The first-order chi connectivity index (χ1) is 9.16. The maximum absolute atomic E-state index is 9.58. The van der Waals surface area contributed by atoms with Gasteiger partial charge in [0, 0.05) is 0 Å². The summed E-state index contributed by atoms with van der Waals surface area (Å²) in [4.78, 5) is 0. The molecule has 108 valence electrons. The molecule has 2 aliphatic carbocycles. The van der Waals surface area contributed by atoms with Gasteiger partial charge in [0.1, 0.15) is 0 Å². The first-order valence-electron chi connectivity index (χ1n) is 7.55. The average Bonchev–Trinajstić information content (AvgIpc) is 2.41. The molecule has 0 bridgehead atoms. The van der Waals surface area contributed by atoms with Gasteiger partial charge in [0.05, 0.1) is 6.10 Å². The molecule has 2 saturated carbocycles. The van der Waals surface area contributed by atoms with E-state index in [0.717, 1.165) is 18.8 Å². The van der Waals surface area contributed by atoms with Gasteiger partial charge in [-0.3, -0.25) is 0 Å². The molecular formula is C14H25N3OS. The summed E-state index contributed by atoms with van der Waals surface area (Å²) in [5.74, 6) is 0.962. The third kappa shape index (κ3) is 3.72. The van der Waals surface area contributed by atoms with Crippen molar-refractivity contribution < 1.29 is 5.11 Å². The van der Waals surface area contributed by atoms with Crippen molar-refractivity contribution in [3.63, 3.8) is 0 Å². The molecule has 0 amide bonds. The highest BCUT2D eigenvalue weighted by atomic mass is 32.1. The van der Waals surface area contributed by atoms with E-state index >= 15 is 0 Å². The quantitative estimate of drug-likeness (QED) is 0.721. The summed E-state index contributed by atoms with van der Waals surface area (Å²) >= 11 is 4.41. The fourth-order valence-corrected chi connectivity index (χ4v) is 4.02. The van der Waals surface area contributed by atoms with Crippen LogP contribution in [0.2, 0.25) is 0 Å². The van der Waals surface area contributed by atoms with E-state index in [4.69, 9.17) is 0 Å². The minimum Gasteiger partial charge on any atom is -0.393 e. The SMILES string of the molecule is CCC1CCCCC12CCC(O)CC2.S=C1N=NN1. The van der Waals surface area contributed by atoms with E-state index in [9.17, 15) is 5.11 Å². The van der Waals surface area contributed by atoms with Gasteiger partial charge >= 0.3 is 0 Å². The molecule has 3 aliphatic rings. The zero-order valence-corrected chi connectivity index (χ0v) is 12.6. The van der Waals surface area contributed by atoms with Crippen molar-refractivity contribution in [2.24, 2.45) is 21.7 Å². The lowest BCUT2D eigenvalue weighted by Crippen LogP contribution is -2.38. The van der Waals surface area contributed by atoms with Crippen LogP contribution in [0.5, 0.6) is 0 Å². The molecule has 1 heterocycles. The average molecular weight is 283 g/mol. The Morgan fingerprint density at radius 3 is 2.37 bits per heavy atom. The summed E-state index contributed by atoms with van der Waals surface area (Å²) in [7, 11) is 0. The molecule has 3 rings (SSSR count). The molecule has 19 heavy (non-hydrogen) atoms. The Bertz CT molecular complexity index is 338. The molecule has 1 atom stereocenters. The lowest BCUT2D eigenvalue weighted by atomic mass is 9.58. The van der Waals surface area contributed by atoms with E-state index in [1.807, 2.05) is 0 Å². The second-order valence-corrected chi connectivity index (χ2v) is 6.45. The van der Waals surface area contributed by atoms with Crippen LogP contribution in [0.1, 0.15) is 64.7 Å². The van der Waals surface area contributed by atoms with Gasteiger partial charge in [-0.1, -0.05) is 31.4 Å². The molecule has 0 aromatic rings. The molecule has 5 heteroatoms.